The third-order valence-corrected chi connectivity index (χ3v) is 9.11. The number of rotatable bonds is 8. The van der Waals surface area contributed by atoms with Crippen molar-refractivity contribution in [2.45, 2.75) is 56.1 Å². The van der Waals surface area contributed by atoms with Crippen LogP contribution in [-0.4, -0.2) is 41.4 Å². The van der Waals surface area contributed by atoms with Gasteiger partial charge in [0.1, 0.15) is 5.52 Å². The lowest BCUT2D eigenvalue weighted by Gasteiger charge is -2.24. The highest BCUT2D eigenvalue weighted by atomic mass is 32.1. The van der Waals surface area contributed by atoms with E-state index in [0.717, 1.165) is 28.9 Å². The second-order valence-electron chi connectivity index (χ2n) is 11.2. The zero-order valence-electron chi connectivity index (χ0n) is 21.9. The number of carbonyl (C=O) groups excluding carboxylic acids is 2. The van der Waals surface area contributed by atoms with Crippen LogP contribution in [0.5, 0.6) is 0 Å². The minimum absolute atomic E-state index is 0.0404. The van der Waals surface area contributed by atoms with Crippen LogP contribution in [0.25, 0.3) is 10.9 Å². The molecule has 1 saturated carbocycles. The number of benzene rings is 2. The summed E-state index contributed by atoms with van der Waals surface area (Å²) in [6, 6.07) is 10.2. The van der Waals surface area contributed by atoms with Crippen molar-refractivity contribution in [3.63, 3.8) is 0 Å². The molecule has 0 spiro atoms. The summed E-state index contributed by atoms with van der Waals surface area (Å²) in [7, 11) is -1.49. The van der Waals surface area contributed by atoms with E-state index in [1.807, 2.05) is 0 Å². The summed E-state index contributed by atoms with van der Waals surface area (Å²) in [6.45, 7) is 6.64. The summed E-state index contributed by atoms with van der Waals surface area (Å²) in [5.74, 6) is -2.70. The number of hydrogen-bond acceptors (Lipinski definition) is 7. The Balaban J connectivity index is 1.64. The molecule has 12 heteroatoms. The van der Waals surface area contributed by atoms with Gasteiger partial charge in [0.05, 0.1) is 30.0 Å². The second-order valence-corrected chi connectivity index (χ2v) is 17.3. The van der Waals surface area contributed by atoms with Gasteiger partial charge in [-0.2, -0.15) is 13.2 Å². The van der Waals surface area contributed by atoms with Crippen LogP contribution >= 0.6 is 12.6 Å². The highest BCUT2D eigenvalue weighted by molar-refractivity contribution is 7.80. The largest absolute Gasteiger partial charge is 0.466 e. The monoisotopic (exact) mass is 577 g/mol. The summed E-state index contributed by atoms with van der Waals surface area (Å²) in [5.41, 5.74) is -1.22. The quantitative estimate of drug-likeness (QED) is 0.164. The van der Waals surface area contributed by atoms with Crippen molar-refractivity contribution < 1.29 is 27.5 Å². The van der Waals surface area contributed by atoms with Crippen LogP contribution in [0.4, 0.5) is 13.2 Å². The standard InChI is InChI=1S/C27H30F3N3O4SSi/c1-39(2,3)13-12-37-26(36)23-17(6-10-20(23)24(34)16-4-8-19(38)9-5-16)15-33-25(35)21-14-18(27(28,29)30)7-11-22(21)31-32-33/h4-5,7-9,11,14,17,20,23,38H,6,10,12-13,15H2,1-3H3/t17-,20-,23-/m0/s1. The van der Waals surface area contributed by atoms with Crippen LogP contribution in [0.3, 0.4) is 0 Å². The van der Waals surface area contributed by atoms with Gasteiger partial charge in [-0.25, -0.2) is 4.68 Å². The first-order valence-electron chi connectivity index (χ1n) is 12.7. The maximum Gasteiger partial charge on any atom is 0.416 e. The fourth-order valence-electron chi connectivity index (χ4n) is 4.93. The Kier molecular flexibility index (Phi) is 8.36. The van der Waals surface area contributed by atoms with Crippen LogP contribution in [0.15, 0.2) is 52.2 Å². The van der Waals surface area contributed by atoms with Gasteiger partial charge in [0.15, 0.2) is 5.78 Å². The Morgan fingerprint density at radius 2 is 1.79 bits per heavy atom. The summed E-state index contributed by atoms with van der Waals surface area (Å²) >= 11 is 4.26. The summed E-state index contributed by atoms with van der Waals surface area (Å²) in [4.78, 5) is 40.6. The lowest BCUT2D eigenvalue weighted by Crippen LogP contribution is -2.36. The number of halogens is 3. The fraction of sp³-hybridized carbons (Fsp3) is 0.444. The molecule has 1 aliphatic rings. The van der Waals surface area contributed by atoms with E-state index < -0.39 is 49.1 Å². The number of esters is 1. The Bertz CT molecular complexity index is 1440. The molecule has 4 rings (SSSR count). The minimum atomic E-state index is -4.62. The molecule has 0 radical (unpaired) electrons. The number of thiol groups is 1. The van der Waals surface area contributed by atoms with Gasteiger partial charge in [-0.1, -0.05) is 37.0 Å². The van der Waals surface area contributed by atoms with Crippen molar-refractivity contribution >= 4 is 43.4 Å². The molecule has 3 aromatic rings. The topological polar surface area (TPSA) is 91.2 Å². The molecular weight excluding hydrogens is 547 g/mol. The predicted molar refractivity (Wildman–Crippen MR) is 146 cm³/mol. The molecule has 7 nitrogen and oxygen atoms in total. The molecule has 0 saturated heterocycles. The Hall–Kier alpha value is -2.99. The fourth-order valence-corrected chi connectivity index (χ4v) is 5.79. The summed E-state index contributed by atoms with van der Waals surface area (Å²) in [5, 5.41) is 7.63. The van der Waals surface area contributed by atoms with Gasteiger partial charge >= 0.3 is 12.1 Å². The van der Waals surface area contributed by atoms with Crippen LogP contribution in [0, 0.1) is 17.8 Å². The van der Waals surface area contributed by atoms with Crippen molar-refractivity contribution in [1.82, 2.24) is 15.0 Å². The smallest absolute Gasteiger partial charge is 0.416 e. The van der Waals surface area contributed by atoms with Crippen molar-refractivity contribution in [2.75, 3.05) is 6.61 Å². The van der Waals surface area contributed by atoms with E-state index >= 15 is 0 Å². The van der Waals surface area contributed by atoms with E-state index in [0.29, 0.717) is 23.3 Å². The van der Waals surface area contributed by atoms with E-state index in [4.69, 9.17) is 4.74 Å². The third kappa shape index (κ3) is 6.78. The number of aromatic nitrogens is 3. The number of fused-ring (bicyclic) bond motifs is 1. The highest BCUT2D eigenvalue weighted by Gasteiger charge is 2.46. The molecule has 0 N–H and O–H groups in total. The van der Waals surface area contributed by atoms with Gasteiger partial charge in [-0.3, -0.25) is 14.4 Å². The average Bonchev–Trinajstić information content (AvgIpc) is 3.28. The molecule has 1 heterocycles. The molecule has 3 atom stereocenters. The van der Waals surface area contributed by atoms with E-state index in [9.17, 15) is 27.6 Å². The Morgan fingerprint density at radius 1 is 1.10 bits per heavy atom. The van der Waals surface area contributed by atoms with Crippen molar-refractivity contribution in [2.24, 2.45) is 17.8 Å². The van der Waals surface area contributed by atoms with Gasteiger partial charge in [0.25, 0.3) is 5.56 Å². The van der Waals surface area contributed by atoms with E-state index in [2.05, 4.69) is 42.6 Å². The molecule has 1 aliphatic carbocycles. The second kappa shape index (κ2) is 11.2. The predicted octanol–water partition coefficient (Wildman–Crippen LogP) is 5.51. The number of ketones is 1. The van der Waals surface area contributed by atoms with Crippen molar-refractivity contribution in [3.05, 3.63) is 63.9 Å². The first kappa shape index (κ1) is 29.0. The van der Waals surface area contributed by atoms with Crippen LogP contribution < -0.4 is 5.56 Å². The zero-order valence-corrected chi connectivity index (χ0v) is 23.8. The molecule has 0 bridgehead atoms. The maximum atomic E-state index is 13.4. The number of alkyl halides is 3. The van der Waals surface area contributed by atoms with E-state index in [-0.39, 0.29) is 29.8 Å². The molecule has 0 amide bonds. The number of Topliss-reactive ketones (excluding diaryl/α,β-unsaturated/α-hetero) is 1. The average molecular weight is 578 g/mol. The first-order chi connectivity index (χ1) is 18.2. The van der Waals surface area contributed by atoms with Crippen LogP contribution in [0.1, 0.15) is 28.8 Å². The number of ether oxygens (including phenoxy) is 1. The van der Waals surface area contributed by atoms with E-state index in [1.165, 1.54) is 0 Å². The van der Waals surface area contributed by atoms with Gasteiger partial charge in [-0.15, -0.1) is 17.7 Å². The molecule has 0 unspecified atom stereocenters. The molecule has 1 aromatic heterocycles. The van der Waals surface area contributed by atoms with Crippen LogP contribution in [0.2, 0.25) is 25.7 Å². The number of hydrogen-bond donors (Lipinski definition) is 1. The third-order valence-electron chi connectivity index (χ3n) is 7.10. The van der Waals surface area contributed by atoms with Crippen molar-refractivity contribution in [1.29, 1.82) is 0 Å². The Morgan fingerprint density at radius 3 is 2.44 bits per heavy atom. The van der Waals surface area contributed by atoms with Gasteiger partial charge in [0, 0.05) is 24.5 Å². The molecule has 1 fully saturated rings. The maximum absolute atomic E-state index is 13.4. The normalized spacial score (nSPS) is 19.8. The van der Waals surface area contributed by atoms with Crippen LogP contribution in [-0.2, 0) is 22.3 Å². The molecular formula is C27H30F3N3O4SSi. The molecule has 0 aliphatic heterocycles. The molecule has 39 heavy (non-hydrogen) atoms. The molecule has 208 valence electrons. The minimum Gasteiger partial charge on any atom is -0.466 e. The lowest BCUT2D eigenvalue weighted by molar-refractivity contribution is -0.150. The van der Waals surface area contributed by atoms with E-state index in [1.54, 1.807) is 24.3 Å². The number of carbonyl (C=O) groups is 2. The number of nitrogens with zero attached hydrogens (tertiary/aromatic N) is 3. The summed E-state index contributed by atoms with van der Waals surface area (Å²) < 4.78 is 46.4. The zero-order chi connectivity index (χ0) is 28.5. The first-order valence-corrected chi connectivity index (χ1v) is 16.8. The van der Waals surface area contributed by atoms with Gasteiger partial charge in [0.2, 0.25) is 0 Å². The van der Waals surface area contributed by atoms with Crippen molar-refractivity contribution in [3.8, 4) is 0 Å². The SMILES string of the molecule is C[Si](C)(C)CCOC(=O)[C@H]1[C@H](Cn2nnc3ccc(C(F)(F)F)cc3c2=O)CC[C@@H]1C(=O)c1ccc(S)cc1. The molecule has 2 aromatic carbocycles. The summed E-state index contributed by atoms with van der Waals surface area (Å²) in [6.07, 6.45) is -3.79. The van der Waals surface area contributed by atoms with Gasteiger partial charge in [-0.05, 0) is 55.1 Å². The lowest BCUT2D eigenvalue weighted by atomic mass is 9.84. The highest BCUT2D eigenvalue weighted by Crippen LogP contribution is 2.41. The van der Waals surface area contributed by atoms with Gasteiger partial charge < -0.3 is 4.74 Å². The Labute approximate surface area is 230 Å².